The molecular formula is C13H15FN4O2. The molecule has 1 aliphatic heterocycles. The molecule has 1 saturated heterocycles. The van der Waals surface area contributed by atoms with Gasteiger partial charge < -0.3 is 20.4 Å². The predicted octanol–water partition coefficient (Wildman–Crippen LogP) is 1.04. The third kappa shape index (κ3) is 2.04. The number of nitrogens with zero attached hydrogens (tertiary/aromatic N) is 2. The summed E-state index contributed by atoms with van der Waals surface area (Å²) >= 11 is 0. The second-order valence-corrected chi connectivity index (χ2v) is 4.86. The van der Waals surface area contributed by atoms with Crippen molar-refractivity contribution in [2.24, 2.45) is 0 Å². The molecule has 0 aliphatic carbocycles. The van der Waals surface area contributed by atoms with Gasteiger partial charge in [-0.05, 0) is 6.42 Å². The Kier molecular flexibility index (Phi) is 2.96. The Labute approximate surface area is 114 Å². The van der Waals surface area contributed by atoms with Gasteiger partial charge in [-0.25, -0.2) is 9.37 Å². The Morgan fingerprint density at radius 1 is 1.60 bits per heavy atom. The molecule has 3 N–H and O–H groups in total. The number of halogens is 1. The minimum Gasteiger partial charge on any atom is -0.494 e. The summed E-state index contributed by atoms with van der Waals surface area (Å²) in [6.07, 6.45) is 1.28. The maximum Gasteiger partial charge on any atom is 0.220 e. The zero-order chi connectivity index (χ0) is 14.3. The van der Waals surface area contributed by atoms with Gasteiger partial charge in [-0.3, -0.25) is 4.79 Å². The quantitative estimate of drug-likeness (QED) is 0.879. The first-order chi connectivity index (χ1) is 9.58. The van der Waals surface area contributed by atoms with Gasteiger partial charge in [0, 0.05) is 31.1 Å². The third-order valence-electron chi connectivity index (χ3n) is 3.54. The van der Waals surface area contributed by atoms with Crippen molar-refractivity contribution in [1.29, 1.82) is 0 Å². The Balaban J connectivity index is 2.01. The second kappa shape index (κ2) is 4.66. The van der Waals surface area contributed by atoms with Crippen LogP contribution in [0.25, 0.3) is 11.0 Å². The number of carbonyl (C=O) groups is 1. The van der Waals surface area contributed by atoms with Crippen LogP contribution in [0.1, 0.15) is 12.8 Å². The molecule has 0 radical (unpaired) electrons. The van der Waals surface area contributed by atoms with E-state index >= 15 is 0 Å². The standard InChI is InChI=1S/C13H15FN4O2/c1-20-11-5-10-9(4-8(11)14)17-13(15)18(10)6-7-2-3-12(19)16-7/h4-5,7H,2-3,6H2,1H3,(H2,15,17)(H,16,19). The molecule has 1 fully saturated rings. The molecule has 20 heavy (non-hydrogen) atoms. The SMILES string of the molecule is COc1cc2c(cc1F)nc(N)n2CC1CCC(=O)N1. The van der Waals surface area contributed by atoms with E-state index in [4.69, 9.17) is 10.5 Å². The van der Waals surface area contributed by atoms with Crippen molar-refractivity contribution < 1.29 is 13.9 Å². The number of nitrogens with one attached hydrogen (secondary N) is 1. The number of methoxy groups -OCH3 is 1. The fourth-order valence-corrected chi connectivity index (χ4v) is 2.53. The number of hydrogen-bond acceptors (Lipinski definition) is 4. The molecule has 2 aromatic rings. The monoisotopic (exact) mass is 278 g/mol. The van der Waals surface area contributed by atoms with Gasteiger partial charge in [-0.15, -0.1) is 0 Å². The second-order valence-electron chi connectivity index (χ2n) is 4.86. The average Bonchev–Trinajstić information content (AvgIpc) is 2.94. The fraction of sp³-hybridized carbons (Fsp3) is 0.385. The number of benzene rings is 1. The highest BCUT2D eigenvalue weighted by atomic mass is 19.1. The van der Waals surface area contributed by atoms with E-state index in [1.165, 1.54) is 13.2 Å². The number of hydrogen-bond donors (Lipinski definition) is 2. The van der Waals surface area contributed by atoms with Crippen LogP contribution in [0.4, 0.5) is 10.3 Å². The number of aromatic nitrogens is 2. The lowest BCUT2D eigenvalue weighted by Crippen LogP contribution is -2.29. The molecule has 2 heterocycles. The van der Waals surface area contributed by atoms with E-state index in [0.29, 0.717) is 29.9 Å². The summed E-state index contributed by atoms with van der Waals surface area (Å²) in [5.74, 6) is 0.0170. The van der Waals surface area contributed by atoms with Gasteiger partial charge in [-0.1, -0.05) is 0 Å². The highest BCUT2D eigenvalue weighted by Gasteiger charge is 2.23. The number of nitrogens with two attached hydrogens (primary N) is 1. The number of fused-ring (bicyclic) bond motifs is 1. The lowest BCUT2D eigenvalue weighted by Gasteiger charge is -2.13. The molecule has 7 heteroatoms. The molecule has 0 bridgehead atoms. The predicted molar refractivity (Wildman–Crippen MR) is 71.8 cm³/mol. The molecule has 1 amide bonds. The van der Waals surface area contributed by atoms with Crippen LogP contribution in [0.15, 0.2) is 12.1 Å². The van der Waals surface area contributed by atoms with Crippen LogP contribution in [-0.2, 0) is 11.3 Å². The molecule has 106 valence electrons. The molecule has 0 spiro atoms. The third-order valence-corrected chi connectivity index (χ3v) is 3.54. The largest absolute Gasteiger partial charge is 0.494 e. The van der Waals surface area contributed by atoms with Crippen molar-refractivity contribution in [3.8, 4) is 5.75 Å². The van der Waals surface area contributed by atoms with Gasteiger partial charge in [0.05, 0.1) is 18.1 Å². The molecule has 1 atom stereocenters. The van der Waals surface area contributed by atoms with E-state index in [2.05, 4.69) is 10.3 Å². The minimum absolute atomic E-state index is 0.0262. The van der Waals surface area contributed by atoms with Crippen molar-refractivity contribution in [3.63, 3.8) is 0 Å². The number of ether oxygens (including phenoxy) is 1. The first-order valence-electron chi connectivity index (χ1n) is 6.37. The number of anilines is 1. The van der Waals surface area contributed by atoms with E-state index in [1.807, 2.05) is 0 Å². The van der Waals surface area contributed by atoms with Gasteiger partial charge in [0.25, 0.3) is 0 Å². The van der Waals surface area contributed by atoms with E-state index < -0.39 is 5.82 Å². The van der Waals surface area contributed by atoms with Gasteiger partial charge >= 0.3 is 0 Å². The van der Waals surface area contributed by atoms with Crippen LogP contribution in [0.5, 0.6) is 5.75 Å². The van der Waals surface area contributed by atoms with E-state index in [9.17, 15) is 9.18 Å². The van der Waals surface area contributed by atoms with Crippen molar-refractivity contribution in [3.05, 3.63) is 17.9 Å². The summed E-state index contributed by atoms with van der Waals surface area (Å²) in [6.45, 7) is 0.517. The molecule has 1 aromatic heterocycles. The summed E-state index contributed by atoms with van der Waals surface area (Å²) in [7, 11) is 1.41. The molecule has 1 aromatic carbocycles. The fourth-order valence-electron chi connectivity index (χ4n) is 2.53. The zero-order valence-electron chi connectivity index (χ0n) is 11.0. The first-order valence-corrected chi connectivity index (χ1v) is 6.37. The average molecular weight is 278 g/mol. The molecule has 3 rings (SSSR count). The molecule has 0 saturated carbocycles. The molecular weight excluding hydrogens is 263 g/mol. The summed E-state index contributed by atoms with van der Waals surface area (Å²) in [6, 6.07) is 2.90. The topological polar surface area (TPSA) is 82.2 Å². The van der Waals surface area contributed by atoms with Crippen molar-refractivity contribution in [2.45, 2.75) is 25.4 Å². The Morgan fingerprint density at radius 2 is 2.40 bits per heavy atom. The minimum atomic E-state index is -0.473. The smallest absolute Gasteiger partial charge is 0.220 e. The normalized spacial score (nSPS) is 18.5. The number of rotatable bonds is 3. The number of imidazole rings is 1. The summed E-state index contributed by atoms with van der Waals surface area (Å²) in [4.78, 5) is 15.4. The number of carbonyl (C=O) groups excluding carboxylic acids is 1. The summed E-state index contributed by atoms with van der Waals surface area (Å²) in [5.41, 5.74) is 7.06. The van der Waals surface area contributed by atoms with Gasteiger partial charge in [-0.2, -0.15) is 0 Å². The molecule has 1 unspecified atom stereocenters. The van der Waals surface area contributed by atoms with Crippen molar-refractivity contribution in [1.82, 2.24) is 14.9 Å². The zero-order valence-corrected chi connectivity index (χ0v) is 11.0. The van der Waals surface area contributed by atoms with Crippen LogP contribution in [0.2, 0.25) is 0 Å². The van der Waals surface area contributed by atoms with Crippen molar-refractivity contribution >= 4 is 22.9 Å². The molecule has 1 aliphatic rings. The Bertz CT molecular complexity index is 683. The maximum absolute atomic E-state index is 13.6. The lowest BCUT2D eigenvalue weighted by molar-refractivity contribution is -0.119. The number of nitrogen functional groups attached to an aromatic ring is 1. The van der Waals surface area contributed by atoms with Crippen LogP contribution in [0, 0.1) is 5.82 Å². The van der Waals surface area contributed by atoms with Crippen LogP contribution in [0.3, 0.4) is 0 Å². The number of amides is 1. The Hall–Kier alpha value is -2.31. The van der Waals surface area contributed by atoms with Crippen LogP contribution in [-0.4, -0.2) is 28.6 Å². The highest BCUT2D eigenvalue weighted by molar-refractivity contribution is 5.81. The highest BCUT2D eigenvalue weighted by Crippen LogP contribution is 2.27. The molecule has 6 nitrogen and oxygen atoms in total. The Morgan fingerprint density at radius 3 is 3.05 bits per heavy atom. The maximum atomic E-state index is 13.6. The van der Waals surface area contributed by atoms with E-state index in [1.54, 1.807) is 10.6 Å². The summed E-state index contributed by atoms with van der Waals surface area (Å²) in [5, 5.41) is 2.88. The van der Waals surface area contributed by atoms with E-state index in [-0.39, 0.29) is 17.7 Å². The summed E-state index contributed by atoms with van der Waals surface area (Å²) < 4.78 is 20.4. The van der Waals surface area contributed by atoms with Crippen LogP contribution >= 0.6 is 0 Å². The first kappa shape index (κ1) is 12.7. The van der Waals surface area contributed by atoms with Gasteiger partial charge in [0.15, 0.2) is 11.6 Å². The lowest BCUT2D eigenvalue weighted by atomic mass is 10.2. The van der Waals surface area contributed by atoms with Gasteiger partial charge in [0.1, 0.15) is 0 Å². The van der Waals surface area contributed by atoms with Gasteiger partial charge in [0.2, 0.25) is 11.9 Å². The van der Waals surface area contributed by atoms with Crippen LogP contribution < -0.4 is 15.8 Å². The van der Waals surface area contributed by atoms with Crippen molar-refractivity contribution in [2.75, 3.05) is 12.8 Å². The van der Waals surface area contributed by atoms with E-state index in [0.717, 1.165) is 6.42 Å².